The van der Waals surface area contributed by atoms with Crippen LogP contribution in [0.5, 0.6) is 0 Å². The van der Waals surface area contributed by atoms with Crippen molar-refractivity contribution in [3.63, 3.8) is 0 Å². The third kappa shape index (κ3) is 5.93. The lowest BCUT2D eigenvalue weighted by Gasteiger charge is -2.18. The average molecular weight is 459 g/mol. The van der Waals surface area contributed by atoms with Crippen molar-refractivity contribution in [1.82, 2.24) is 4.31 Å². The highest BCUT2D eigenvalue weighted by atomic mass is 35.5. The first-order chi connectivity index (χ1) is 13.7. The van der Waals surface area contributed by atoms with Gasteiger partial charge in [-0.3, -0.25) is 4.79 Å². The van der Waals surface area contributed by atoms with Gasteiger partial charge in [-0.25, -0.2) is 13.2 Å². The van der Waals surface area contributed by atoms with Gasteiger partial charge in [0.05, 0.1) is 20.5 Å². The summed E-state index contributed by atoms with van der Waals surface area (Å²) >= 11 is 11.7. The van der Waals surface area contributed by atoms with Crippen LogP contribution in [0.3, 0.4) is 0 Å². The Morgan fingerprint density at radius 3 is 2.34 bits per heavy atom. The predicted molar refractivity (Wildman–Crippen MR) is 112 cm³/mol. The van der Waals surface area contributed by atoms with E-state index >= 15 is 0 Å². The molecule has 10 heteroatoms. The van der Waals surface area contributed by atoms with E-state index in [-0.39, 0.29) is 15.5 Å². The fourth-order valence-corrected chi connectivity index (χ4v) is 4.28. The van der Waals surface area contributed by atoms with Crippen LogP contribution in [0.1, 0.15) is 24.2 Å². The molecule has 0 aliphatic rings. The fourth-order valence-electron chi connectivity index (χ4n) is 2.48. The number of carbonyl (C=O) groups is 2. The first kappa shape index (κ1) is 23.2. The van der Waals surface area contributed by atoms with E-state index in [2.05, 4.69) is 5.32 Å². The number of anilines is 1. The largest absolute Gasteiger partial charge is 0.452 e. The maximum Gasteiger partial charge on any atom is 0.338 e. The summed E-state index contributed by atoms with van der Waals surface area (Å²) < 4.78 is 31.4. The summed E-state index contributed by atoms with van der Waals surface area (Å²) in [5.74, 6) is -1.39. The molecule has 0 aliphatic heterocycles. The average Bonchev–Trinajstić information content (AvgIpc) is 2.69. The number of ether oxygens (including phenoxy) is 1. The van der Waals surface area contributed by atoms with Gasteiger partial charge in [-0.1, -0.05) is 43.1 Å². The third-order valence-electron chi connectivity index (χ3n) is 3.95. The lowest BCUT2D eigenvalue weighted by molar-refractivity contribution is -0.119. The van der Waals surface area contributed by atoms with Crippen LogP contribution in [-0.4, -0.2) is 44.3 Å². The van der Waals surface area contributed by atoms with Crippen LogP contribution < -0.4 is 5.32 Å². The highest BCUT2D eigenvalue weighted by Crippen LogP contribution is 2.25. The lowest BCUT2D eigenvalue weighted by Crippen LogP contribution is -2.30. The quantitative estimate of drug-likeness (QED) is 0.606. The summed E-state index contributed by atoms with van der Waals surface area (Å²) in [6.07, 6.45) is 0. The second kappa shape index (κ2) is 10.1. The van der Waals surface area contributed by atoms with E-state index in [9.17, 15) is 18.0 Å². The molecule has 0 saturated carbocycles. The normalized spacial score (nSPS) is 11.3. The molecule has 156 valence electrons. The Kier molecular flexibility index (Phi) is 8.04. The number of nitrogens with zero attached hydrogens (tertiary/aromatic N) is 1. The van der Waals surface area contributed by atoms with Crippen LogP contribution in [0.15, 0.2) is 47.4 Å². The number of rotatable bonds is 8. The van der Waals surface area contributed by atoms with E-state index in [1.807, 2.05) is 0 Å². The van der Waals surface area contributed by atoms with Gasteiger partial charge in [-0.05, 0) is 36.4 Å². The Labute approximate surface area is 179 Å². The van der Waals surface area contributed by atoms with Crippen LogP contribution >= 0.6 is 23.2 Å². The van der Waals surface area contributed by atoms with Crippen LogP contribution in [0.25, 0.3) is 0 Å². The van der Waals surface area contributed by atoms with Crippen molar-refractivity contribution in [3.8, 4) is 0 Å². The summed E-state index contributed by atoms with van der Waals surface area (Å²) in [7, 11) is -3.71. The number of amides is 1. The monoisotopic (exact) mass is 458 g/mol. The van der Waals surface area contributed by atoms with Crippen molar-refractivity contribution in [2.24, 2.45) is 0 Å². The van der Waals surface area contributed by atoms with Crippen LogP contribution in [0, 0.1) is 0 Å². The van der Waals surface area contributed by atoms with E-state index in [0.717, 1.165) is 0 Å². The smallest absolute Gasteiger partial charge is 0.338 e. The molecule has 0 saturated heterocycles. The molecule has 0 fully saturated rings. The molecule has 0 spiro atoms. The van der Waals surface area contributed by atoms with E-state index in [1.165, 1.54) is 40.7 Å². The van der Waals surface area contributed by atoms with Gasteiger partial charge in [-0.15, -0.1) is 0 Å². The van der Waals surface area contributed by atoms with E-state index in [4.69, 9.17) is 27.9 Å². The number of hydrogen-bond donors (Lipinski definition) is 1. The van der Waals surface area contributed by atoms with E-state index in [0.29, 0.717) is 23.8 Å². The van der Waals surface area contributed by atoms with Gasteiger partial charge < -0.3 is 10.1 Å². The van der Waals surface area contributed by atoms with Gasteiger partial charge >= 0.3 is 5.97 Å². The van der Waals surface area contributed by atoms with Crippen molar-refractivity contribution in [1.29, 1.82) is 0 Å². The van der Waals surface area contributed by atoms with Gasteiger partial charge in [0.2, 0.25) is 10.0 Å². The Morgan fingerprint density at radius 1 is 1.03 bits per heavy atom. The summed E-state index contributed by atoms with van der Waals surface area (Å²) in [5, 5.41) is 3.13. The van der Waals surface area contributed by atoms with Gasteiger partial charge in [0.25, 0.3) is 5.91 Å². The molecular weight excluding hydrogens is 439 g/mol. The van der Waals surface area contributed by atoms with Crippen molar-refractivity contribution >= 4 is 50.8 Å². The molecule has 29 heavy (non-hydrogen) atoms. The minimum absolute atomic E-state index is 0.0177. The predicted octanol–water partition coefficient (Wildman–Crippen LogP) is 3.82. The molecule has 0 atom stereocenters. The van der Waals surface area contributed by atoms with Gasteiger partial charge in [0.15, 0.2) is 6.61 Å². The van der Waals surface area contributed by atoms with Gasteiger partial charge in [0.1, 0.15) is 0 Å². The molecule has 0 heterocycles. The molecule has 1 N–H and O–H groups in total. The summed E-state index contributed by atoms with van der Waals surface area (Å²) in [5.41, 5.74) is 0.424. The van der Waals surface area contributed by atoms with Crippen LogP contribution in [0.2, 0.25) is 10.0 Å². The zero-order valence-corrected chi connectivity index (χ0v) is 18.1. The topological polar surface area (TPSA) is 92.8 Å². The Balaban J connectivity index is 2.04. The van der Waals surface area contributed by atoms with Crippen molar-refractivity contribution in [2.45, 2.75) is 18.7 Å². The number of nitrogens with one attached hydrogen (secondary N) is 1. The molecule has 1 amide bonds. The summed E-state index contributed by atoms with van der Waals surface area (Å²) in [6, 6.07) is 10.0. The molecule has 0 radical (unpaired) electrons. The number of carbonyl (C=O) groups excluding carboxylic acids is 2. The molecule has 2 aromatic rings. The minimum Gasteiger partial charge on any atom is -0.452 e. The minimum atomic E-state index is -3.71. The molecule has 7 nitrogen and oxygen atoms in total. The Hall–Kier alpha value is -2.13. The SMILES string of the molecule is CCN(CC)S(=O)(=O)c1cccc(C(=O)OCC(=O)Nc2ccc(Cl)c(Cl)c2)c1. The van der Waals surface area contributed by atoms with Gasteiger partial charge in [-0.2, -0.15) is 4.31 Å². The van der Waals surface area contributed by atoms with E-state index < -0.39 is 28.5 Å². The molecular formula is C19H20Cl2N2O5S. The second-order valence-corrected chi connectivity index (χ2v) is 8.62. The molecule has 0 aliphatic carbocycles. The highest BCUT2D eigenvalue weighted by molar-refractivity contribution is 7.89. The number of sulfonamides is 1. The molecule has 2 aromatic carbocycles. The first-order valence-corrected chi connectivity index (χ1v) is 10.9. The number of hydrogen-bond acceptors (Lipinski definition) is 5. The van der Waals surface area contributed by atoms with Gasteiger partial charge in [0, 0.05) is 18.8 Å². The van der Waals surface area contributed by atoms with E-state index in [1.54, 1.807) is 19.9 Å². The highest BCUT2D eigenvalue weighted by Gasteiger charge is 2.23. The fraction of sp³-hybridized carbons (Fsp3) is 0.263. The zero-order valence-electron chi connectivity index (χ0n) is 15.8. The maximum atomic E-state index is 12.6. The number of halogens is 2. The summed E-state index contributed by atoms with van der Waals surface area (Å²) in [4.78, 5) is 24.2. The number of benzene rings is 2. The third-order valence-corrected chi connectivity index (χ3v) is 6.74. The molecule has 0 aromatic heterocycles. The van der Waals surface area contributed by atoms with Crippen LogP contribution in [-0.2, 0) is 19.6 Å². The number of esters is 1. The standard InChI is InChI=1S/C19H20Cl2N2O5S/c1-3-23(4-2)29(26,27)15-7-5-6-13(10-15)19(25)28-12-18(24)22-14-8-9-16(20)17(21)11-14/h5-11H,3-4,12H2,1-2H3,(H,22,24). The molecule has 0 unspecified atom stereocenters. The second-order valence-electron chi connectivity index (χ2n) is 5.87. The summed E-state index contributed by atoms with van der Waals surface area (Å²) in [6.45, 7) is 3.52. The van der Waals surface area contributed by atoms with Crippen molar-refractivity contribution in [3.05, 3.63) is 58.1 Å². The first-order valence-electron chi connectivity index (χ1n) is 8.71. The maximum absolute atomic E-state index is 12.6. The molecule has 0 bridgehead atoms. The Morgan fingerprint density at radius 2 is 1.72 bits per heavy atom. The molecule has 2 rings (SSSR count). The van der Waals surface area contributed by atoms with Crippen molar-refractivity contribution in [2.75, 3.05) is 25.0 Å². The zero-order chi connectivity index (χ0) is 21.6. The van der Waals surface area contributed by atoms with Crippen LogP contribution in [0.4, 0.5) is 5.69 Å². The van der Waals surface area contributed by atoms with Crippen molar-refractivity contribution < 1.29 is 22.7 Å². The lowest BCUT2D eigenvalue weighted by atomic mass is 10.2. The Bertz CT molecular complexity index is 1010.